The van der Waals surface area contributed by atoms with Crippen molar-refractivity contribution in [2.75, 3.05) is 33.4 Å². The molecular weight excluding hydrogens is 540 g/mol. The van der Waals surface area contributed by atoms with Gasteiger partial charge >= 0.3 is 6.18 Å². The molecule has 0 amide bonds. The summed E-state index contributed by atoms with van der Waals surface area (Å²) in [6.45, 7) is 5.05. The summed E-state index contributed by atoms with van der Waals surface area (Å²) < 4.78 is 80.2. The van der Waals surface area contributed by atoms with Crippen LogP contribution in [-0.2, 0) is 33.5 Å². The molecule has 0 bridgehead atoms. The molecule has 0 unspecified atom stereocenters. The molecule has 0 aliphatic carbocycles. The highest BCUT2D eigenvalue weighted by Crippen LogP contribution is 2.48. The molecule has 1 aromatic carbocycles. The van der Waals surface area contributed by atoms with Gasteiger partial charge in [0.25, 0.3) is 0 Å². The average molecular weight is 571 g/mol. The van der Waals surface area contributed by atoms with E-state index in [9.17, 15) is 26.2 Å². The first-order valence-electron chi connectivity index (χ1n) is 11.9. The zero-order valence-electron chi connectivity index (χ0n) is 21.2. The molecule has 0 fully saturated rings. The van der Waals surface area contributed by atoms with Gasteiger partial charge in [0.05, 0.1) is 12.9 Å². The number of halogens is 3. The lowest BCUT2D eigenvalue weighted by atomic mass is 10.2. The van der Waals surface area contributed by atoms with Gasteiger partial charge in [-0.25, -0.2) is 18.4 Å². The van der Waals surface area contributed by atoms with Crippen molar-refractivity contribution < 1.29 is 26.2 Å². The lowest BCUT2D eigenvalue weighted by Gasteiger charge is -2.17. The maximum absolute atomic E-state index is 13.7. The fourth-order valence-electron chi connectivity index (χ4n) is 3.51. The largest absolute Gasteiger partial charge is 0.421 e. The number of anilines is 4. The monoisotopic (exact) mass is 570 g/mol. The van der Waals surface area contributed by atoms with Crippen molar-refractivity contribution in [1.29, 1.82) is 0 Å². The van der Waals surface area contributed by atoms with E-state index in [1.54, 1.807) is 24.3 Å². The van der Waals surface area contributed by atoms with Crippen LogP contribution in [0.15, 0.2) is 48.8 Å². The SMILES string of the molecule is CCP(=O)(CC)Cc1cccc(Nc2ncc(C(F)(F)F)c(NCc3cccnc3NS(=O)(=O)CC)n2)c1. The molecule has 3 aromatic rings. The van der Waals surface area contributed by atoms with Crippen LogP contribution < -0.4 is 15.4 Å². The van der Waals surface area contributed by atoms with Crippen molar-refractivity contribution in [1.82, 2.24) is 15.0 Å². The first kappa shape index (κ1) is 29.4. The van der Waals surface area contributed by atoms with E-state index in [2.05, 4.69) is 30.3 Å². The first-order chi connectivity index (χ1) is 17.9. The average Bonchev–Trinajstić information content (AvgIpc) is 2.87. The van der Waals surface area contributed by atoms with Gasteiger partial charge in [-0.2, -0.15) is 18.2 Å². The summed E-state index contributed by atoms with van der Waals surface area (Å²) in [4.78, 5) is 11.9. The van der Waals surface area contributed by atoms with Gasteiger partial charge in [0.15, 0.2) is 0 Å². The highest BCUT2D eigenvalue weighted by molar-refractivity contribution is 7.92. The Morgan fingerprint density at radius 2 is 1.74 bits per heavy atom. The van der Waals surface area contributed by atoms with Crippen LogP contribution in [0.2, 0.25) is 0 Å². The van der Waals surface area contributed by atoms with Crippen molar-refractivity contribution >= 4 is 40.4 Å². The summed E-state index contributed by atoms with van der Waals surface area (Å²) in [5, 5.41) is 5.55. The van der Waals surface area contributed by atoms with Gasteiger partial charge in [-0.1, -0.05) is 32.0 Å². The number of benzene rings is 1. The fourth-order valence-corrected chi connectivity index (χ4v) is 5.89. The van der Waals surface area contributed by atoms with E-state index in [1.807, 2.05) is 19.9 Å². The normalized spacial score (nSPS) is 12.3. The minimum atomic E-state index is -4.73. The molecule has 14 heteroatoms. The second kappa shape index (κ2) is 12.1. The quantitative estimate of drug-likeness (QED) is 0.230. The van der Waals surface area contributed by atoms with Crippen LogP contribution in [0.1, 0.15) is 37.5 Å². The van der Waals surface area contributed by atoms with Crippen LogP contribution in [0.3, 0.4) is 0 Å². The van der Waals surface area contributed by atoms with Gasteiger partial charge in [-0.3, -0.25) is 4.72 Å². The third-order valence-electron chi connectivity index (χ3n) is 5.87. The van der Waals surface area contributed by atoms with Crippen molar-refractivity contribution in [2.45, 2.75) is 39.7 Å². The summed E-state index contributed by atoms with van der Waals surface area (Å²) in [7, 11) is -5.98. The Morgan fingerprint density at radius 3 is 2.39 bits per heavy atom. The van der Waals surface area contributed by atoms with Crippen LogP contribution in [0.5, 0.6) is 0 Å². The van der Waals surface area contributed by atoms with Crippen molar-refractivity contribution in [2.24, 2.45) is 0 Å². The second-order valence-corrected chi connectivity index (χ2v) is 14.2. The number of aromatic nitrogens is 3. The summed E-state index contributed by atoms with van der Waals surface area (Å²) in [6.07, 6.45) is -1.10. The van der Waals surface area contributed by atoms with Crippen LogP contribution in [0, 0.1) is 0 Å². The number of nitrogens with zero attached hydrogens (tertiary/aromatic N) is 3. The number of rotatable bonds is 12. The van der Waals surface area contributed by atoms with Gasteiger partial charge in [0, 0.05) is 36.4 Å². The number of sulfonamides is 1. The highest BCUT2D eigenvalue weighted by Gasteiger charge is 2.35. The minimum absolute atomic E-state index is 0.0103. The van der Waals surface area contributed by atoms with Crippen LogP contribution >= 0.6 is 7.14 Å². The molecule has 0 atom stereocenters. The zero-order valence-corrected chi connectivity index (χ0v) is 22.9. The lowest BCUT2D eigenvalue weighted by Crippen LogP contribution is -2.18. The summed E-state index contributed by atoms with van der Waals surface area (Å²) in [6, 6.07) is 10.2. The topological polar surface area (TPSA) is 126 Å². The first-order valence-corrected chi connectivity index (χ1v) is 15.8. The van der Waals surface area contributed by atoms with Gasteiger partial charge < -0.3 is 15.2 Å². The fraction of sp³-hybridized carbons (Fsp3) is 0.375. The number of pyridine rings is 1. The molecule has 9 nitrogen and oxygen atoms in total. The number of alkyl halides is 3. The van der Waals surface area contributed by atoms with Gasteiger partial charge in [-0.05, 0) is 43.0 Å². The number of nitrogens with one attached hydrogen (secondary N) is 3. The molecule has 38 heavy (non-hydrogen) atoms. The maximum Gasteiger partial charge on any atom is 0.421 e. The molecular formula is C24H30F3N6O3PS. The van der Waals surface area contributed by atoms with Gasteiger partial charge in [0.1, 0.15) is 17.2 Å². The Labute approximate surface area is 220 Å². The zero-order chi connectivity index (χ0) is 28.0. The second-order valence-electron chi connectivity index (χ2n) is 8.50. The lowest BCUT2D eigenvalue weighted by molar-refractivity contribution is -0.137. The number of hydrogen-bond donors (Lipinski definition) is 3. The van der Waals surface area contributed by atoms with Crippen molar-refractivity contribution in [3.8, 4) is 0 Å². The van der Waals surface area contributed by atoms with E-state index >= 15 is 0 Å². The Balaban J connectivity index is 1.86. The predicted octanol–water partition coefficient (Wildman–Crippen LogP) is 5.91. The van der Waals surface area contributed by atoms with E-state index in [-0.39, 0.29) is 24.1 Å². The highest BCUT2D eigenvalue weighted by atomic mass is 32.2. The summed E-state index contributed by atoms with van der Waals surface area (Å²) in [5.41, 5.74) is 0.624. The Hall–Kier alpha value is -3.18. The Kier molecular flexibility index (Phi) is 9.37. The van der Waals surface area contributed by atoms with E-state index in [0.717, 1.165) is 5.56 Å². The van der Waals surface area contributed by atoms with Crippen molar-refractivity contribution in [3.63, 3.8) is 0 Å². The van der Waals surface area contributed by atoms with Gasteiger partial charge in [-0.15, -0.1) is 0 Å². The van der Waals surface area contributed by atoms with Crippen LogP contribution in [0.4, 0.5) is 36.4 Å². The van der Waals surface area contributed by atoms with Gasteiger partial charge in [0.2, 0.25) is 16.0 Å². The standard InChI is InChI=1S/C24H30F3N6O3PS/c1-4-37(34,5-2)16-17-9-7-11-19(13-17)31-23-30-15-20(24(25,26)27)22(32-23)29-14-18-10-8-12-28-21(18)33-38(35,36)6-3/h7-13,15H,4-6,14,16H2,1-3H3,(H,28,33)(H2,29,30,31,32). The molecule has 0 saturated heterocycles. The van der Waals surface area contributed by atoms with E-state index in [1.165, 1.54) is 19.2 Å². The van der Waals surface area contributed by atoms with Crippen LogP contribution in [-0.4, -0.2) is 41.4 Å². The molecule has 0 aliphatic rings. The molecule has 3 rings (SSSR count). The molecule has 2 heterocycles. The van der Waals surface area contributed by atoms with E-state index < -0.39 is 34.7 Å². The summed E-state index contributed by atoms with van der Waals surface area (Å²) in [5.74, 6) is -0.743. The minimum Gasteiger partial charge on any atom is -0.365 e. The molecule has 0 saturated carbocycles. The van der Waals surface area contributed by atoms with E-state index in [0.29, 0.717) is 35.9 Å². The number of hydrogen-bond acceptors (Lipinski definition) is 8. The molecule has 0 aliphatic heterocycles. The Bertz CT molecular complexity index is 1410. The molecule has 0 radical (unpaired) electrons. The third kappa shape index (κ3) is 7.91. The van der Waals surface area contributed by atoms with Crippen LogP contribution in [0.25, 0.3) is 0 Å². The Morgan fingerprint density at radius 1 is 1.00 bits per heavy atom. The van der Waals surface area contributed by atoms with Crippen molar-refractivity contribution in [3.05, 3.63) is 65.5 Å². The molecule has 2 aromatic heterocycles. The maximum atomic E-state index is 13.7. The third-order valence-corrected chi connectivity index (χ3v) is 10.4. The van der Waals surface area contributed by atoms with E-state index in [4.69, 9.17) is 0 Å². The molecule has 0 spiro atoms. The molecule has 206 valence electrons. The summed E-state index contributed by atoms with van der Waals surface area (Å²) >= 11 is 0. The molecule has 3 N–H and O–H groups in total. The smallest absolute Gasteiger partial charge is 0.365 e. The predicted molar refractivity (Wildman–Crippen MR) is 144 cm³/mol.